The van der Waals surface area contributed by atoms with Crippen LogP contribution in [-0.4, -0.2) is 44.0 Å². The van der Waals surface area contributed by atoms with E-state index >= 15 is 0 Å². The molecule has 2 atom stereocenters. The van der Waals surface area contributed by atoms with Gasteiger partial charge in [0.15, 0.2) is 0 Å². The van der Waals surface area contributed by atoms with E-state index in [1.807, 2.05) is 21.0 Å². The molecule has 3 N–H and O–H groups in total. The molecule has 0 bridgehead atoms. The summed E-state index contributed by atoms with van der Waals surface area (Å²) in [5.41, 5.74) is 5.59. The van der Waals surface area contributed by atoms with Gasteiger partial charge in [0.1, 0.15) is 0 Å². The van der Waals surface area contributed by atoms with Crippen molar-refractivity contribution in [2.24, 2.45) is 17.6 Å². The van der Waals surface area contributed by atoms with Crippen molar-refractivity contribution >= 4 is 5.91 Å². The fourth-order valence-electron chi connectivity index (χ4n) is 1.97. The second kappa shape index (κ2) is 8.48. The van der Waals surface area contributed by atoms with Crippen LogP contribution in [0, 0.1) is 11.8 Å². The van der Waals surface area contributed by atoms with Gasteiger partial charge in [0.2, 0.25) is 5.91 Å². The molecular weight excluding hydrogens is 214 g/mol. The summed E-state index contributed by atoms with van der Waals surface area (Å²) in [6.07, 6.45) is 1.81. The van der Waals surface area contributed by atoms with Gasteiger partial charge in [-0.3, -0.25) is 4.79 Å². The maximum atomic E-state index is 12.0. The van der Waals surface area contributed by atoms with E-state index in [1.165, 1.54) is 0 Å². The van der Waals surface area contributed by atoms with Crippen LogP contribution in [0.3, 0.4) is 0 Å². The van der Waals surface area contributed by atoms with Gasteiger partial charge < -0.3 is 16.0 Å². The second-order valence-corrected chi connectivity index (χ2v) is 5.44. The van der Waals surface area contributed by atoms with Crippen molar-refractivity contribution in [3.63, 3.8) is 0 Å². The number of nitrogens with zero attached hydrogens (tertiary/aromatic N) is 1. The van der Waals surface area contributed by atoms with Gasteiger partial charge >= 0.3 is 0 Å². The Kier molecular flexibility index (Phi) is 8.17. The first-order chi connectivity index (χ1) is 7.90. The zero-order valence-electron chi connectivity index (χ0n) is 12.0. The quantitative estimate of drug-likeness (QED) is 0.670. The van der Waals surface area contributed by atoms with Crippen molar-refractivity contribution in [2.75, 3.05) is 27.2 Å². The normalized spacial score (nSPS) is 15.1. The number of amides is 1. The minimum absolute atomic E-state index is 0.0492. The third-order valence-electron chi connectivity index (χ3n) is 2.84. The maximum Gasteiger partial charge on any atom is 0.224 e. The molecule has 0 aromatic heterocycles. The number of hydrogen-bond donors (Lipinski definition) is 2. The lowest BCUT2D eigenvalue weighted by molar-refractivity contribution is -0.125. The molecule has 0 aliphatic carbocycles. The number of likely N-dealkylation sites (N-methyl/N-ethyl adjacent to an activating group) is 1. The molecule has 0 rings (SSSR count). The number of nitrogens with one attached hydrogen (secondary N) is 1. The van der Waals surface area contributed by atoms with Gasteiger partial charge in [0, 0.05) is 25.0 Å². The average molecular weight is 243 g/mol. The van der Waals surface area contributed by atoms with Crippen LogP contribution in [0.15, 0.2) is 0 Å². The number of hydrogen-bond acceptors (Lipinski definition) is 3. The van der Waals surface area contributed by atoms with E-state index in [0.29, 0.717) is 12.5 Å². The lowest BCUT2D eigenvalue weighted by atomic mass is 10.0. The molecule has 0 saturated carbocycles. The SMILES string of the molecule is CCC(CN)C(=O)NC(CC(C)C)CN(C)C. The summed E-state index contributed by atoms with van der Waals surface area (Å²) in [6.45, 7) is 7.66. The fraction of sp³-hybridized carbons (Fsp3) is 0.923. The van der Waals surface area contributed by atoms with Crippen molar-refractivity contribution < 1.29 is 4.79 Å². The van der Waals surface area contributed by atoms with Crippen LogP contribution in [0.2, 0.25) is 0 Å². The largest absolute Gasteiger partial charge is 0.352 e. The molecule has 17 heavy (non-hydrogen) atoms. The third-order valence-corrected chi connectivity index (χ3v) is 2.84. The van der Waals surface area contributed by atoms with E-state index in [9.17, 15) is 4.79 Å². The summed E-state index contributed by atoms with van der Waals surface area (Å²) in [5.74, 6) is 0.632. The first-order valence-electron chi connectivity index (χ1n) is 6.55. The van der Waals surface area contributed by atoms with Crippen LogP contribution in [0.1, 0.15) is 33.6 Å². The minimum Gasteiger partial charge on any atom is -0.352 e. The fourth-order valence-corrected chi connectivity index (χ4v) is 1.97. The third kappa shape index (κ3) is 7.34. The molecule has 0 aliphatic rings. The lowest BCUT2D eigenvalue weighted by Gasteiger charge is -2.25. The van der Waals surface area contributed by atoms with E-state index in [2.05, 4.69) is 24.1 Å². The molecule has 4 nitrogen and oxygen atoms in total. The van der Waals surface area contributed by atoms with E-state index in [-0.39, 0.29) is 17.9 Å². The van der Waals surface area contributed by atoms with E-state index in [4.69, 9.17) is 5.73 Å². The van der Waals surface area contributed by atoms with Crippen molar-refractivity contribution in [3.05, 3.63) is 0 Å². The summed E-state index contributed by atoms with van der Waals surface area (Å²) in [6, 6.07) is 0.220. The van der Waals surface area contributed by atoms with Crippen LogP contribution in [0.25, 0.3) is 0 Å². The predicted molar refractivity (Wildman–Crippen MR) is 72.8 cm³/mol. The Balaban J connectivity index is 4.35. The Morgan fingerprint density at radius 3 is 2.29 bits per heavy atom. The monoisotopic (exact) mass is 243 g/mol. The molecule has 102 valence electrons. The highest BCUT2D eigenvalue weighted by Crippen LogP contribution is 2.08. The minimum atomic E-state index is -0.0492. The van der Waals surface area contributed by atoms with Gasteiger partial charge in [-0.1, -0.05) is 20.8 Å². The molecule has 0 fully saturated rings. The molecule has 0 saturated heterocycles. The highest BCUT2D eigenvalue weighted by molar-refractivity contribution is 5.79. The van der Waals surface area contributed by atoms with E-state index < -0.39 is 0 Å². The topological polar surface area (TPSA) is 58.4 Å². The highest BCUT2D eigenvalue weighted by Gasteiger charge is 2.19. The van der Waals surface area contributed by atoms with Gasteiger partial charge in [0.25, 0.3) is 0 Å². The van der Waals surface area contributed by atoms with Crippen molar-refractivity contribution in [1.82, 2.24) is 10.2 Å². The van der Waals surface area contributed by atoms with Crippen molar-refractivity contribution in [2.45, 2.75) is 39.7 Å². The van der Waals surface area contributed by atoms with Crippen LogP contribution in [0.4, 0.5) is 0 Å². The number of carbonyl (C=O) groups is 1. The summed E-state index contributed by atoms with van der Waals surface area (Å²) in [4.78, 5) is 14.1. The zero-order chi connectivity index (χ0) is 13.4. The number of nitrogens with two attached hydrogens (primary N) is 1. The molecule has 0 aromatic rings. The standard InChI is InChI=1S/C13H29N3O/c1-6-11(8-14)13(17)15-12(7-10(2)3)9-16(4)5/h10-12H,6-9,14H2,1-5H3,(H,15,17). The maximum absolute atomic E-state index is 12.0. The Morgan fingerprint density at radius 1 is 1.35 bits per heavy atom. The first-order valence-corrected chi connectivity index (χ1v) is 6.55. The van der Waals surface area contributed by atoms with E-state index in [0.717, 1.165) is 19.4 Å². The molecule has 0 aliphatic heterocycles. The summed E-state index contributed by atoms with van der Waals surface area (Å²) >= 11 is 0. The number of carbonyl (C=O) groups excluding carboxylic acids is 1. The van der Waals surface area contributed by atoms with Gasteiger partial charge in [-0.05, 0) is 32.9 Å². The Morgan fingerprint density at radius 2 is 1.94 bits per heavy atom. The molecule has 0 heterocycles. The lowest BCUT2D eigenvalue weighted by Crippen LogP contribution is -2.46. The first kappa shape index (κ1) is 16.4. The van der Waals surface area contributed by atoms with Crippen LogP contribution in [0.5, 0.6) is 0 Å². The molecule has 4 heteroatoms. The van der Waals surface area contributed by atoms with Gasteiger partial charge in [-0.2, -0.15) is 0 Å². The van der Waals surface area contributed by atoms with Crippen molar-refractivity contribution in [1.29, 1.82) is 0 Å². The summed E-state index contributed by atoms with van der Waals surface area (Å²) in [5, 5.41) is 3.12. The van der Waals surface area contributed by atoms with Gasteiger partial charge in [-0.15, -0.1) is 0 Å². The second-order valence-electron chi connectivity index (χ2n) is 5.44. The molecular formula is C13H29N3O. The molecule has 0 aromatic carbocycles. The Labute approximate surface area is 106 Å². The smallest absolute Gasteiger partial charge is 0.224 e. The Bertz CT molecular complexity index is 203. The molecule has 1 amide bonds. The predicted octanol–water partition coefficient (Wildman–Crippen LogP) is 1.06. The highest BCUT2D eigenvalue weighted by atomic mass is 16.1. The molecule has 0 radical (unpaired) electrons. The van der Waals surface area contributed by atoms with Crippen LogP contribution in [-0.2, 0) is 4.79 Å². The van der Waals surface area contributed by atoms with Crippen molar-refractivity contribution in [3.8, 4) is 0 Å². The van der Waals surface area contributed by atoms with Gasteiger partial charge in [0.05, 0.1) is 0 Å². The van der Waals surface area contributed by atoms with Gasteiger partial charge in [-0.25, -0.2) is 0 Å². The molecule has 0 spiro atoms. The molecule has 2 unspecified atom stereocenters. The van der Waals surface area contributed by atoms with Crippen LogP contribution >= 0.6 is 0 Å². The summed E-state index contributed by atoms with van der Waals surface area (Å²) < 4.78 is 0. The van der Waals surface area contributed by atoms with Crippen LogP contribution < -0.4 is 11.1 Å². The summed E-state index contributed by atoms with van der Waals surface area (Å²) in [7, 11) is 4.05. The Hall–Kier alpha value is -0.610. The average Bonchev–Trinajstić information content (AvgIpc) is 2.16. The zero-order valence-corrected chi connectivity index (χ0v) is 12.0. The van der Waals surface area contributed by atoms with E-state index in [1.54, 1.807) is 0 Å². The number of rotatable bonds is 8.